The topological polar surface area (TPSA) is 62.3 Å². The van der Waals surface area contributed by atoms with E-state index < -0.39 is 6.04 Å². The standard InChI is InChI=1S/C23H21N3O2/c27-21-14-18-10-4-5-12-20(18)22(26(21)16-17-8-2-1-3-9-17)23(28)25-15-19-11-6-7-13-24-19/h1-13,22H,14-16H2,(H,25,28)/t22-/m0/s1. The molecule has 4 rings (SSSR count). The van der Waals surface area contributed by atoms with Crippen LogP contribution in [0, 0.1) is 0 Å². The number of amides is 2. The van der Waals surface area contributed by atoms with Gasteiger partial charge in [-0.15, -0.1) is 0 Å². The highest BCUT2D eigenvalue weighted by atomic mass is 16.2. The highest BCUT2D eigenvalue weighted by Crippen LogP contribution is 2.32. The van der Waals surface area contributed by atoms with Crippen molar-refractivity contribution in [2.75, 3.05) is 0 Å². The molecular weight excluding hydrogens is 350 g/mol. The molecule has 0 spiro atoms. The van der Waals surface area contributed by atoms with E-state index in [2.05, 4.69) is 10.3 Å². The lowest BCUT2D eigenvalue weighted by Gasteiger charge is -2.36. The maximum Gasteiger partial charge on any atom is 0.247 e. The molecule has 0 unspecified atom stereocenters. The fourth-order valence-electron chi connectivity index (χ4n) is 3.56. The number of aromatic nitrogens is 1. The first-order valence-corrected chi connectivity index (χ1v) is 9.31. The van der Waals surface area contributed by atoms with Gasteiger partial charge in [0, 0.05) is 12.7 Å². The third kappa shape index (κ3) is 3.78. The van der Waals surface area contributed by atoms with Crippen LogP contribution >= 0.6 is 0 Å². The van der Waals surface area contributed by atoms with Gasteiger partial charge in [-0.05, 0) is 28.8 Å². The number of hydrogen-bond acceptors (Lipinski definition) is 3. The largest absolute Gasteiger partial charge is 0.348 e. The molecule has 1 atom stereocenters. The summed E-state index contributed by atoms with van der Waals surface area (Å²) >= 11 is 0. The van der Waals surface area contributed by atoms with Gasteiger partial charge >= 0.3 is 0 Å². The second-order valence-electron chi connectivity index (χ2n) is 6.82. The van der Waals surface area contributed by atoms with Crippen molar-refractivity contribution in [1.29, 1.82) is 0 Å². The minimum atomic E-state index is -0.652. The highest BCUT2D eigenvalue weighted by molar-refractivity contribution is 5.92. The van der Waals surface area contributed by atoms with Gasteiger partial charge in [-0.1, -0.05) is 60.7 Å². The summed E-state index contributed by atoms with van der Waals surface area (Å²) in [6.45, 7) is 0.724. The van der Waals surface area contributed by atoms with Crippen molar-refractivity contribution >= 4 is 11.8 Å². The van der Waals surface area contributed by atoms with E-state index in [-0.39, 0.29) is 11.8 Å². The van der Waals surface area contributed by atoms with Gasteiger partial charge in [0.2, 0.25) is 11.8 Å². The van der Waals surface area contributed by atoms with Crippen LogP contribution in [-0.4, -0.2) is 21.7 Å². The third-order valence-electron chi connectivity index (χ3n) is 4.94. The zero-order valence-corrected chi connectivity index (χ0v) is 15.4. The fraction of sp³-hybridized carbons (Fsp3) is 0.174. The van der Waals surface area contributed by atoms with Gasteiger partial charge in [-0.3, -0.25) is 14.6 Å². The lowest BCUT2D eigenvalue weighted by Crippen LogP contribution is -2.46. The Kier molecular flexibility index (Phi) is 5.15. The number of carbonyl (C=O) groups excluding carboxylic acids is 2. The zero-order chi connectivity index (χ0) is 19.3. The van der Waals surface area contributed by atoms with Crippen LogP contribution in [0.4, 0.5) is 0 Å². The van der Waals surface area contributed by atoms with Gasteiger partial charge in [0.05, 0.1) is 18.7 Å². The average Bonchev–Trinajstić information content (AvgIpc) is 2.74. The average molecular weight is 371 g/mol. The van der Waals surface area contributed by atoms with E-state index >= 15 is 0 Å². The van der Waals surface area contributed by atoms with E-state index in [0.29, 0.717) is 19.5 Å². The van der Waals surface area contributed by atoms with Crippen molar-refractivity contribution < 1.29 is 9.59 Å². The molecule has 0 saturated carbocycles. The van der Waals surface area contributed by atoms with Gasteiger partial charge in [-0.25, -0.2) is 0 Å². The molecule has 0 bridgehead atoms. The zero-order valence-electron chi connectivity index (χ0n) is 15.4. The van der Waals surface area contributed by atoms with Crippen molar-refractivity contribution in [3.63, 3.8) is 0 Å². The molecule has 1 aromatic heterocycles. The Balaban J connectivity index is 1.62. The molecule has 2 amide bonds. The second kappa shape index (κ2) is 8.05. The molecule has 140 valence electrons. The van der Waals surface area contributed by atoms with Crippen molar-refractivity contribution in [3.8, 4) is 0 Å². The van der Waals surface area contributed by atoms with Crippen molar-refractivity contribution in [1.82, 2.24) is 15.2 Å². The number of fused-ring (bicyclic) bond motifs is 1. The van der Waals surface area contributed by atoms with Gasteiger partial charge in [0.15, 0.2) is 0 Å². The van der Waals surface area contributed by atoms with Crippen LogP contribution in [0.25, 0.3) is 0 Å². The van der Waals surface area contributed by atoms with Crippen LogP contribution in [0.5, 0.6) is 0 Å². The van der Waals surface area contributed by atoms with Gasteiger partial charge in [0.25, 0.3) is 0 Å². The van der Waals surface area contributed by atoms with Crippen LogP contribution < -0.4 is 5.32 Å². The van der Waals surface area contributed by atoms with Gasteiger partial charge in [0.1, 0.15) is 6.04 Å². The Morgan fingerprint density at radius 3 is 2.54 bits per heavy atom. The number of nitrogens with one attached hydrogen (secondary N) is 1. The summed E-state index contributed by atoms with van der Waals surface area (Å²) in [5.41, 5.74) is 3.57. The molecular formula is C23H21N3O2. The molecule has 0 saturated heterocycles. The van der Waals surface area contributed by atoms with Crippen LogP contribution in [0.15, 0.2) is 79.0 Å². The summed E-state index contributed by atoms with van der Waals surface area (Å²) in [7, 11) is 0. The minimum absolute atomic E-state index is 0.0412. The Morgan fingerprint density at radius 2 is 1.75 bits per heavy atom. The molecule has 28 heavy (non-hydrogen) atoms. The summed E-state index contributed by atoms with van der Waals surface area (Å²) in [4.78, 5) is 32.0. The van der Waals surface area contributed by atoms with Crippen LogP contribution in [-0.2, 0) is 29.1 Å². The highest BCUT2D eigenvalue weighted by Gasteiger charge is 2.36. The number of pyridine rings is 1. The number of rotatable bonds is 5. The number of benzene rings is 2. The molecule has 2 heterocycles. The van der Waals surface area contributed by atoms with Crippen molar-refractivity contribution in [2.24, 2.45) is 0 Å². The number of nitrogens with zero attached hydrogens (tertiary/aromatic N) is 2. The molecule has 1 aliphatic rings. The Bertz CT molecular complexity index is 973. The molecule has 2 aromatic carbocycles. The summed E-state index contributed by atoms with van der Waals surface area (Å²) in [6, 6.07) is 22.4. The summed E-state index contributed by atoms with van der Waals surface area (Å²) < 4.78 is 0. The molecule has 1 aliphatic heterocycles. The monoisotopic (exact) mass is 371 g/mol. The predicted molar refractivity (Wildman–Crippen MR) is 106 cm³/mol. The van der Waals surface area contributed by atoms with E-state index in [1.165, 1.54) is 0 Å². The molecule has 5 heteroatoms. The molecule has 0 radical (unpaired) electrons. The first kappa shape index (κ1) is 17.9. The normalized spacial score (nSPS) is 15.8. The van der Waals surface area contributed by atoms with Crippen LogP contribution in [0.3, 0.4) is 0 Å². The third-order valence-corrected chi connectivity index (χ3v) is 4.94. The minimum Gasteiger partial charge on any atom is -0.348 e. The quantitative estimate of drug-likeness (QED) is 0.750. The number of hydrogen-bond donors (Lipinski definition) is 1. The van der Waals surface area contributed by atoms with Gasteiger partial charge in [-0.2, -0.15) is 0 Å². The van der Waals surface area contributed by atoms with Crippen LogP contribution in [0.2, 0.25) is 0 Å². The first-order valence-electron chi connectivity index (χ1n) is 9.31. The van der Waals surface area contributed by atoms with E-state index in [1.807, 2.05) is 72.8 Å². The Hall–Kier alpha value is -3.47. The first-order chi connectivity index (χ1) is 13.7. The maximum atomic E-state index is 13.1. The molecule has 0 fully saturated rings. The molecule has 5 nitrogen and oxygen atoms in total. The van der Waals surface area contributed by atoms with E-state index in [9.17, 15) is 9.59 Å². The van der Waals surface area contributed by atoms with E-state index in [4.69, 9.17) is 0 Å². The molecule has 1 N–H and O–H groups in total. The SMILES string of the molecule is O=C(NCc1ccccn1)[C@@H]1c2ccccc2CC(=O)N1Cc1ccccc1. The number of carbonyl (C=O) groups is 2. The maximum absolute atomic E-state index is 13.1. The summed E-state index contributed by atoms with van der Waals surface area (Å²) in [5.74, 6) is -0.234. The van der Waals surface area contributed by atoms with Gasteiger partial charge < -0.3 is 10.2 Å². The van der Waals surface area contributed by atoms with Crippen LogP contribution in [0.1, 0.15) is 28.4 Å². The fourth-order valence-corrected chi connectivity index (χ4v) is 3.56. The molecule has 0 aliphatic carbocycles. The van der Waals surface area contributed by atoms with E-state index in [0.717, 1.165) is 22.4 Å². The summed E-state index contributed by atoms with van der Waals surface area (Å²) in [5, 5.41) is 2.95. The lowest BCUT2D eigenvalue weighted by molar-refractivity contribution is -0.142. The Morgan fingerprint density at radius 1 is 1.00 bits per heavy atom. The second-order valence-corrected chi connectivity index (χ2v) is 6.82. The Labute approximate surface area is 164 Å². The predicted octanol–water partition coefficient (Wildman–Crippen LogP) is 3.02. The smallest absolute Gasteiger partial charge is 0.247 e. The summed E-state index contributed by atoms with van der Waals surface area (Å²) in [6.07, 6.45) is 2.01. The van der Waals surface area contributed by atoms with Crippen molar-refractivity contribution in [3.05, 3.63) is 101 Å². The van der Waals surface area contributed by atoms with Crippen molar-refractivity contribution in [2.45, 2.75) is 25.6 Å². The van der Waals surface area contributed by atoms with E-state index in [1.54, 1.807) is 11.1 Å². The molecule has 3 aromatic rings. The lowest BCUT2D eigenvalue weighted by atomic mass is 9.91.